The van der Waals surface area contributed by atoms with Gasteiger partial charge in [-0.05, 0) is 92.0 Å². The van der Waals surface area contributed by atoms with Crippen LogP contribution in [-0.4, -0.2) is 15.9 Å². The fourth-order valence-electron chi connectivity index (χ4n) is 7.24. The van der Waals surface area contributed by atoms with Crippen LogP contribution in [-0.2, 0) is 4.79 Å². The smallest absolute Gasteiger partial charge is 0.230 e. The van der Waals surface area contributed by atoms with Gasteiger partial charge in [0.25, 0.3) is 0 Å². The normalized spacial score (nSPS) is 28.4. The number of carbonyl (C=O) groups excluding carboxylic acids is 1. The van der Waals surface area contributed by atoms with Gasteiger partial charge in [0.1, 0.15) is 5.82 Å². The molecule has 1 heterocycles. The van der Waals surface area contributed by atoms with Gasteiger partial charge in [-0.2, -0.15) is 0 Å². The fraction of sp³-hybridized carbons (Fsp3) is 0.357. The Balaban J connectivity index is 1.14. The highest BCUT2D eigenvalue weighted by molar-refractivity contribution is 6.05. The van der Waals surface area contributed by atoms with Crippen LogP contribution in [0.15, 0.2) is 60.7 Å². The van der Waals surface area contributed by atoms with Crippen molar-refractivity contribution in [2.75, 3.05) is 5.32 Å². The number of fused-ring (bicyclic) bond motifs is 3. The molecular formula is C28H27N3O. The molecule has 0 radical (unpaired) electrons. The van der Waals surface area contributed by atoms with E-state index in [0.717, 1.165) is 70.5 Å². The number of rotatable bonds is 3. The van der Waals surface area contributed by atoms with Crippen LogP contribution in [0.3, 0.4) is 0 Å². The lowest BCUT2D eigenvalue weighted by atomic mass is 9.49. The van der Waals surface area contributed by atoms with Gasteiger partial charge in [0, 0.05) is 16.6 Å². The fourth-order valence-corrected chi connectivity index (χ4v) is 7.24. The van der Waals surface area contributed by atoms with Crippen molar-refractivity contribution in [2.24, 2.45) is 23.2 Å². The third-order valence-electron chi connectivity index (χ3n) is 8.31. The Hall–Kier alpha value is -3.14. The molecule has 32 heavy (non-hydrogen) atoms. The Morgan fingerprint density at radius 2 is 1.56 bits per heavy atom. The summed E-state index contributed by atoms with van der Waals surface area (Å²) in [5.41, 5.74) is 3.83. The zero-order chi connectivity index (χ0) is 21.3. The molecule has 0 saturated heterocycles. The Labute approximate surface area is 187 Å². The van der Waals surface area contributed by atoms with E-state index in [1.165, 1.54) is 24.6 Å². The van der Waals surface area contributed by atoms with E-state index in [1.807, 2.05) is 12.1 Å². The van der Waals surface area contributed by atoms with Crippen LogP contribution in [0, 0.1) is 23.2 Å². The number of hydrogen-bond acceptors (Lipinski definition) is 2. The molecule has 4 bridgehead atoms. The van der Waals surface area contributed by atoms with Crippen molar-refractivity contribution < 1.29 is 4.79 Å². The number of nitrogens with zero attached hydrogens (tertiary/aromatic N) is 1. The summed E-state index contributed by atoms with van der Waals surface area (Å²) >= 11 is 0. The molecule has 4 saturated carbocycles. The summed E-state index contributed by atoms with van der Waals surface area (Å²) in [6.07, 6.45) is 7.34. The first-order valence-corrected chi connectivity index (χ1v) is 11.9. The number of amides is 1. The molecule has 8 rings (SSSR count). The van der Waals surface area contributed by atoms with Crippen LogP contribution in [0.4, 0.5) is 5.69 Å². The van der Waals surface area contributed by atoms with E-state index in [4.69, 9.17) is 4.98 Å². The van der Waals surface area contributed by atoms with E-state index in [-0.39, 0.29) is 11.3 Å². The van der Waals surface area contributed by atoms with Crippen LogP contribution in [0.2, 0.25) is 0 Å². The molecule has 1 aromatic heterocycles. The molecule has 3 aromatic carbocycles. The lowest BCUT2D eigenvalue weighted by Gasteiger charge is -2.55. The minimum Gasteiger partial charge on any atom is -0.338 e. The second-order valence-corrected chi connectivity index (χ2v) is 10.5. The average molecular weight is 422 g/mol. The number of nitrogens with one attached hydrogen (secondary N) is 2. The Morgan fingerprint density at radius 3 is 2.28 bits per heavy atom. The molecule has 1 amide bonds. The second-order valence-electron chi connectivity index (χ2n) is 10.5. The lowest BCUT2D eigenvalue weighted by Crippen LogP contribution is -2.51. The minimum absolute atomic E-state index is 0.118. The first-order valence-electron chi connectivity index (χ1n) is 11.9. The molecular weight excluding hydrogens is 394 g/mol. The predicted octanol–water partition coefficient (Wildman–Crippen LogP) is 6.54. The maximum Gasteiger partial charge on any atom is 0.230 e. The van der Waals surface area contributed by atoms with Crippen molar-refractivity contribution in [1.82, 2.24) is 9.97 Å². The zero-order valence-electron chi connectivity index (χ0n) is 18.1. The number of aromatic amines is 1. The quantitative estimate of drug-likeness (QED) is 0.395. The van der Waals surface area contributed by atoms with Crippen molar-refractivity contribution in [3.05, 3.63) is 60.7 Å². The SMILES string of the molecule is O=C(Nc1ccc(-c2nc3c(ccc4ccccc43)[nH]2)cc1)C12CC3CC(CC(C3)C1)C2. The minimum atomic E-state index is -0.118. The Morgan fingerprint density at radius 1 is 0.875 bits per heavy atom. The largest absolute Gasteiger partial charge is 0.338 e. The molecule has 4 aromatic rings. The Kier molecular flexibility index (Phi) is 3.85. The highest BCUT2D eigenvalue weighted by Crippen LogP contribution is 2.60. The van der Waals surface area contributed by atoms with Gasteiger partial charge in [-0.15, -0.1) is 0 Å². The summed E-state index contributed by atoms with van der Waals surface area (Å²) in [7, 11) is 0. The van der Waals surface area contributed by atoms with Crippen LogP contribution in [0.1, 0.15) is 38.5 Å². The third kappa shape index (κ3) is 2.82. The highest BCUT2D eigenvalue weighted by atomic mass is 16.2. The molecule has 4 fully saturated rings. The standard InChI is InChI=1S/C28H27N3O/c32-27(28-14-17-11-18(15-28)13-19(12-17)16-28)29-22-8-5-21(6-9-22)26-30-24-10-7-20-3-1-2-4-23(20)25(24)31-26/h1-10,17-19H,11-16H2,(H,29,32)(H,30,31). The van der Waals surface area contributed by atoms with Gasteiger partial charge >= 0.3 is 0 Å². The molecule has 0 aliphatic heterocycles. The molecule has 0 atom stereocenters. The van der Waals surface area contributed by atoms with Crippen molar-refractivity contribution >= 4 is 33.4 Å². The molecule has 0 unspecified atom stereocenters. The number of aromatic nitrogens is 2. The third-order valence-corrected chi connectivity index (χ3v) is 8.31. The zero-order valence-corrected chi connectivity index (χ0v) is 18.1. The van der Waals surface area contributed by atoms with Crippen LogP contribution >= 0.6 is 0 Å². The number of imidazole rings is 1. The number of anilines is 1. The van der Waals surface area contributed by atoms with Gasteiger partial charge in [-0.1, -0.05) is 30.3 Å². The number of H-pyrrole nitrogens is 1. The van der Waals surface area contributed by atoms with Gasteiger partial charge in [0.05, 0.1) is 16.4 Å². The molecule has 0 spiro atoms. The summed E-state index contributed by atoms with van der Waals surface area (Å²) in [5, 5.41) is 5.61. The van der Waals surface area contributed by atoms with E-state index >= 15 is 0 Å². The maximum atomic E-state index is 13.3. The molecule has 4 nitrogen and oxygen atoms in total. The second kappa shape index (κ2) is 6.68. The molecule has 4 heteroatoms. The van der Waals surface area contributed by atoms with Crippen molar-refractivity contribution in [2.45, 2.75) is 38.5 Å². The van der Waals surface area contributed by atoms with Crippen molar-refractivity contribution in [1.29, 1.82) is 0 Å². The van der Waals surface area contributed by atoms with E-state index in [0.29, 0.717) is 0 Å². The van der Waals surface area contributed by atoms with Crippen LogP contribution in [0.25, 0.3) is 33.2 Å². The predicted molar refractivity (Wildman–Crippen MR) is 128 cm³/mol. The topological polar surface area (TPSA) is 57.8 Å². The van der Waals surface area contributed by atoms with Crippen molar-refractivity contribution in [3.63, 3.8) is 0 Å². The van der Waals surface area contributed by atoms with E-state index in [1.54, 1.807) is 0 Å². The summed E-state index contributed by atoms with van der Waals surface area (Å²) in [4.78, 5) is 21.7. The average Bonchev–Trinajstić information content (AvgIpc) is 3.24. The molecule has 4 aliphatic carbocycles. The highest BCUT2D eigenvalue weighted by Gasteiger charge is 2.54. The number of hydrogen-bond donors (Lipinski definition) is 2. The lowest BCUT2D eigenvalue weighted by molar-refractivity contribution is -0.140. The van der Waals surface area contributed by atoms with Gasteiger partial charge in [0.15, 0.2) is 0 Å². The molecule has 160 valence electrons. The van der Waals surface area contributed by atoms with Gasteiger partial charge in [-0.25, -0.2) is 4.98 Å². The first-order chi connectivity index (χ1) is 15.6. The summed E-state index contributed by atoms with van der Waals surface area (Å²) in [6, 6.07) is 20.7. The van der Waals surface area contributed by atoms with Gasteiger partial charge in [-0.3, -0.25) is 4.79 Å². The number of carbonyl (C=O) groups is 1. The van der Waals surface area contributed by atoms with Gasteiger partial charge < -0.3 is 10.3 Å². The number of benzene rings is 3. The van der Waals surface area contributed by atoms with E-state index in [2.05, 4.69) is 58.8 Å². The monoisotopic (exact) mass is 421 g/mol. The Bertz CT molecular complexity index is 1320. The molecule has 2 N–H and O–H groups in total. The van der Waals surface area contributed by atoms with Crippen molar-refractivity contribution in [3.8, 4) is 11.4 Å². The van der Waals surface area contributed by atoms with Gasteiger partial charge in [0.2, 0.25) is 5.91 Å². The molecule has 4 aliphatic rings. The maximum absolute atomic E-state index is 13.3. The van der Waals surface area contributed by atoms with E-state index in [9.17, 15) is 4.79 Å². The van der Waals surface area contributed by atoms with Crippen LogP contribution < -0.4 is 5.32 Å². The van der Waals surface area contributed by atoms with Crippen LogP contribution in [0.5, 0.6) is 0 Å². The first kappa shape index (κ1) is 18.4. The summed E-state index contributed by atoms with van der Waals surface area (Å²) in [6.45, 7) is 0. The van der Waals surface area contributed by atoms with E-state index < -0.39 is 0 Å². The summed E-state index contributed by atoms with van der Waals surface area (Å²) < 4.78 is 0. The summed E-state index contributed by atoms with van der Waals surface area (Å²) in [5.74, 6) is 3.44.